The van der Waals surface area contributed by atoms with E-state index in [2.05, 4.69) is 18.9 Å². The third kappa shape index (κ3) is 5.06. The van der Waals surface area contributed by atoms with E-state index in [4.69, 9.17) is 37.8 Å². The number of aryl methyl sites for hydroxylation is 1. The van der Waals surface area contributed by atoms with Gasteiger partial charge in [-0.05, 0) is 72.0 Å². The van der Waals surface area contributed by atoms with E-state index in [1.165, 1.54) is 11.3 Å². The Morgan fingerprint density at radius 3 is 2.53 bits per heavy atom. The van der Waals surface area contributed by atoms with E-state index >= 15 is 0 Å². The predicted molar refractivity (Wildman–Crippen MR) is 135 cm³/mol. The summed E-state index contributed by atoms with van der Waals surface area (Å²) in [6.07, 6.45) is 0.497. The molecular weight excluding hydrogens is 495 g/mol. The van der Waals surface area contributed by atoms with Gasteiger partial charge in [-0.2, -0.15) is 5.10 Å². The second-order valence-corrected chi connectivity index (χ2v) is 9.80. The molecule has 176 valence electrons. The summed E-state index contributed by atoms with van der Waals surface area (Å²) >= 11 is 14.2. The molecule has 1 N–H and O–H groups in total. The van der Waals surface area contributed by atoms with Gasteiger partial charge in [-0.3, -0.25) is 0 Å². The molecule has 9 heteroatoms. The lowest BCUT2D eigenvalue weighted by Crippen LogP contribution is -2.09. The number of halogens is 2. The van der Waals surface area contributed by atoms with Crippen LogP contribution in [-0.2, 0) is 6.61 Å². The fourth-order valence-corrected chi connectivity index (χ4v) is 5.16. The van der Waals surface area contributed by atoms with Crippen molar-refractivity contribution in [3.63, 3.8) is 0 Å². The van der Waals surface area contributed by atoms with Gasteiger partial charge >= 0.3 is 6.16 Å². The van der Waals surface area contributed by atoms with Crippen molar-refractivity contribution in [2.45, 2.75) is 33.3 Å². The largest absolute Gasteiger partial charge is 0.512 e. The Morgan fingerprint density at radius 2 is 1.88 bits per heavy atom. The minimum atomic E-state index is -1.33. The molecule has 0 saturated carbocycles. The molecule has 0 fully saturated rings. The number of ether oxygens (including phenoxy) is 2. The predicted octanol–water partition coefficient (Wildman–Crippen LogP) is 7.98. The molecule has 0 unspecified atom stereocenters. The van der Waals surface area contributed by atoms with Crippen LogP contribution < -0.4 is 9.47 Å². The SMILES string of the molecule is Cc1cc(OCc2c(C(C)C)cnn2-c2c(Cl)cccc2Cl)ccc1-c1ccc(OC(=O)O)s1. The molecule has 6 nitrogen and oxygen atoms in total. The van der Waals surface area contributed by atoms with Gasteiger partial charge < -0.3 is 14.6 Å². The number of hydrogen-bond acceptors (Lipinski definition) is 5. The molecule has 2 aromatic heterocycles. The average molecular weight is 517 g/mol. The highest BCUT2D eigenvalue weighted by Gasteiger charge is 2.19. The Hall–Kier alpha value is -3.00. The second kappa shape index (κ2) is 10.1. The Balaban J connectivity index is 1.59. The van der Waals surface area contributed by atoms with Gasteiger partial charge in [-0.15, -0.1) is 0 Å². The first kappa shape index (κ1) is 24.1. The molecule has 0 radical (unpaired) electrons. The molecule has 2 heterocycles. The monoisotopic (exact) mass is 516 g/mol. The van der Waals surface area contributed by atoms with E-state index in [9.17, 15) is 4.79 Å². The summed E-state index contributed by atoms with van der Waals surface area (Å²) in [6, 6.07) is 14.6. The fraction of sp³-hybridized carbons (Fsp3) is 0.200. The number of para-hydroxylation sites is 1. The van der Waals surface area contributed by atoms with E-state index in [1.807, 2.05) is 37.4 Å². The smallest absolute Gasteiger partial charge is 0.487 e. The van der Waals surface area contributed by atoms with Crippen molar-refractivity contribution in [2.75, 3.05) is 0 Å². The molecule has 0 aliphatic heterocycles. The molecule has 2 aromatic carbocycles. The van der Waals surface area contributed by atoms with E-state index < -0.39 is 6.16 Å². The van der Waals surface area contributed by atoms with Crippen molar-refractivity contribution < 1.29 is 19.4 Å². The minimum Gasteiger partial charge on any atom is -0.487 e. The quantitative estimate of drug-likeness (QED) is 0.252. The number of aromatic nitrogens is 2. The molecular formula is C25H22Cl2N2O4S. The summed E-state index contributed by atoms with van der Waals surface area (Å²) in [6.45, 7) is 6.46. The fourth-order valence-electron chi connectivity index (χ4n) is 3.66. The van der Waals surface area contributed by atoms with Crippen LogP contribution in [0.1, 0.15) is 36.6 Å². The average Bonchev–Trinajstić information content (AvgIpc) is 3.39. The topological polar surface area (TPSA) is 73.6 Å². The summed E-state index contributed by atoms with van der Waals surface area (Å²) in [5.74, 6) is 0.936. The zero-order valence-corrected chi connectivity index (χ0v) is 21.0. The van der Waals surface area contributed by atoms with Gasteiger partial charge in [0, 0.05) is 4.88 Å². The lowest BCUT2D eigenvalue weighted by Gasteiger charge is -2.15. The molecule has 0 aliphatic carbocycles. The van der Waals surface area contributed by atoms with Gasteiger partial charge in [0.1, 0.15) is 18.0 Å². The van der Waals surface area contributed by atoms with Crippen LogP contribution in [0.2, 0.25) is 10.0 Å². The van der Waals surface area contributed by atoms with Crippen LogP contribution in [0.4, 0.5) is 4.79 Å². The molecule has 0 spiro atoms. The highest BCUT2D eigenvalue weighted by Crippen LogP contribution is 2.36. The normalized spacial score (nSPS) is 11.1. The maximum absolute atomic E-state index is 10.8. The maximum atomic E-state index is 10.8. The van der Waals surface area contributed by atoms with Crippen LogP contribution >= 0.6 is 34.5 Å². The highest BCUT2D eigenvalue weighted by atomic mass is 35.5. The van der Waals surface area contributed by atoms with Crippen molar-refractivity contribution in [2.24, 2.45) is 0 Å². The number of carboxylic acid groups (broad SMARTS) is 1. The Labute approximate surface area is 211 Å². The molecule has 0 aliphatic rings. The Morgan fingerprint density at radius 1 is 1.15 bits per heavy atom. The van der Waals surface area contributed by atoms with E-state index in [0.29, 0.717) is 26.5 Å². The van der Waals surface area contributed by atoms with Gasteiger partial charge in [-0.1, -0.05) is 54.5 Å². The van der Waals surface area contributed by atoms with Gasteiger partial charge in [-0.25, -0.2) is 9.48 Å². The molecule has 0 amide bonds. The lowest BCUT2D eigenvalue weighted by molar-refractivity contribution is 0.146. The molecule has 34 heavy (non-hydrogen) atoms. The number of benzene rings is 2. The molecule has 0 atom stereocenters. The number of rotatable bonds is 7. The van der Waals surface area contributed by atoms with Crippen LogP contribution in [0, 0.1) is 6.92 Å². The van der Waals surface area contributed by atoms with Crippen molar-refractivity contribution in [3.8, 4) is 26.9 Å². The first-order valence-electron chi connectivity index (χ1n) is 10.5. The van der Waals surface area contributed by atoms with Crippen molar-refractivity contribution in [1.29, 1.82) is 0 Å². The Kier molecular flexibility index (Phi) is 7.16. The maximum Gasteiger partial charge on any atom is 0.512 e. The lowest BCUT2D eigenvalue weighted by atomic mass is 10.0. The number of thiophene rings is 1. The van der Waals surface area contributed by atoms with E-state index in [-0.39, 0.29) is 12.5 Å². The third-order valence-electron chi connectivity index (χ3n) is 5.28. The summed E-state index contributed by atoms with van der Waals surface area (Å²) in [7, 11) is 0. The van der Waals surface area contributed by atoms with Crippen LogP contribution in [0.25, 0.3) is 16.1 Å². The van der Waals surface area contributed by atoms with Crippen molar-refractivity contribution in [3.05, 3.63) is 81.6 Å². The van der Waals surface area contributed by atoms with Crippen LogP contribution in [0.5, 0.6) is 10.8 Å². The van der Waals surface area contributed by atoms with E-state index in [1.54, 1.807) is 28.9 Å². The number of hydrogen-bond donors (Lipinski definition) is 1. The van der Waals surface area contributed by atoms with Crippen LogP contribution in [0.3, 0.4) is 0 Å². The van der Waals surface area contributed by atoms with Gasteiger partial charge in [0.05, 0.1) is 21.9 Å². The van der Waals surface area contributed by atoms with Crippen molar-refractivity contribution in [1.82, 2.24) is 9.78 Å². The summed E-state index contributed by atoms with van der Waals surface area (Å²) in [4.78, 5) is 11.7. The number of nitrogens with zero attached hydrogens (tertiary/aromatic N) is 2. The van der Waals surface area contributed by atoms with Crippen LogP contribution in [-0.4, -0.2) is 21.0 Å². The summed E-state index contributed by atoms with van der Waals surface area (Å²) < 4.78 is 12.7. The third-order valence-corrected chi connectivity index (χ3v) is 6.89. The molecule has 4 aromatic rings. The van der Waals surface area contributed by atoms with Gasteiger partial charge in [0.2, 0.25) is 0 Å². The Bertz CT molecular complexity index is 1330. The minimum absolute atomic E-state index is 0.235. The standard InChI is InChI=1S/C25H22Cl2N2O4S/c1-14(2)18-12-28-29(24-19(26)5-4-6-20(24)27)21(18)13-32-16-7-8-17(15(3)11-16)22-9-10-23(34-22)33-25(30)31/h4-12,14H,13H2,1-3H3,(H,30,31). The first-order valence-corrected chi connectivity index (χ1v) is 12.1. The summed E-state index contributed by atoms with van der Waals surface area (Å²) in [5.41, 5.74) is 4.52. The zero-order chi connectivity index (χ0) is 24.4. The zero-order valence-electron chi connectivity index (χ0n) is 18.7. The summed E-state index contributed by atoms with van der Waals surface area (Å²) in [5, 5.41) is 14.7. The number of carbonyl (C=O) groups is 1. The molecule has 0 bridgehead atoms. The molecule has 0 saturated heterocycles. The molecule has 4 rings (SSSR count). The van der Waals surface area contributed by atoms with Gasteiger partial charge in [0.15, 0.2) is 5.06 Å². The highest BCUT2D eigenvalue weighted by molar-refractivity contribution is 7.17. The van der Waals surface area contributed by atoms with E-state index in [0.717, 1.165) is 27.3 Å². The second-order valence-electron chi connectivity index (χ2n) is 7.94. The van der Waals surface area contributed by atoms with Crippen molar-refractivity contribution >= 4 is 40.7 Å². The van der Waals surface area contributed by atoms with Gasteiger partial charge in [0.25, 0.3) is 0 Å². The first-order chi connectivity index (χ1) is 16.2. The van der Waals surface area contributed by atoms with Crippen LogP contribution in [0.15, 0.2) is 54.7 Å².